The number of nitrogens with zero attached hydrogens (tertiary/aromatic N) is 2. The number of nitriles is 1. The number of ether oxygens (including phenoxy) is 3. The quantitative estimate of drug-likeness (QED) is 0.794. The Bertz CT molecular complexity index is 990. The normalized spacial score (nSPS) is 16.2. The Balaban J connectivity index is 2.04. The van der Waals surface area contributed by atoms with Crippen LogP contribution < -0.4 is 10.5 Å². The number of esters is 1. The van der Waals surface area contributed by atoms with Gasteiger partial charge in [-0.15, -0.1) is 0 Å². The van der Waals surface area contributed by atoms with E-state index in [0.717, 1.165) is 0 Å². The summed E-state index contributed by atoms with van der Waals surface area (Å²) in [5, 5.41) is 9.63. The van der Waals surface area contributed by atoms with Crippen LogP contribution in [0.4, 0.5) is 0 Å². The van der Waals surface area contributed by atoms with Gasteiger partial charge in [-0.3, -0.25) is 0 Å². The van der Waals surface area contributed by atoms with Crippen LogP contribution in [-0.2, 0) is 14.3 Å². The molecule has 0 saturated heterocycles. The lowest BCUT2D eigenvalue weighted by atomic mass is 9.83. The lowest BCUT2D eigenvalue weighted by molar-refractivity contribution is -0.139. The molecule has 1 aliphatic rings. The summed E-state index contributed by atoms with van der Waals surface area (Å²) in [4.78, 5) is 16.7. The fourth-order valence-corrected chi connectivity index (χ4v) is 2.97. The average molecular weight is 377 g/mol. The van der Waals surface area contributed by atoms with Crippen LogP contribution in [0.1, 0.15) is 25.3 Å². The van der Waals surface area contributed by atoms with Crippen molar-refractivity contribution in [2.45, 2.75) is 19.8 Å². The van der Waals surface area contributed by atoms with Gasteiger partial charge in [-0.05, 0) is 37.6 Å². The number of aromatic nitrogens is 1. The lowest BCUT2D eigenvalue weighted by Gasteiger charge is -2.27. The molecule has 2 heterocycles. The van der Waals surface area contributed by atoms with Gasteiger partial charge in [0.1, 0.15) is 23.2 Å². The van der Waals surface area contributed by atoms with Crippen molar-refractivity contribution in [3.05, 3.63) is 77.0 Å². The van der Waals surface area contributed by atoms with Crippen LogP contribution in [0.25, 0.3) is 0 Å². The van der Waals surface area contributed by atoms with Gasteiger partial charge in [0, 0.05) is 12.3 Å². The lowest BCUT2D eigenvalue weighted by Crippen LogP contribution is -2.25. The zero-order valence-electron chi connectivity index (χ0n) is 15.5. The Morgan fingerprint density at radius 1 is 1.32 bits per heavy atom. The molecule has 1 atom stereocenters. The number of rotatable bonds is 5. The van der Waals surface area contributed by atoms with E-state index < -0.39 is 11.9 Å². The first-order valence-electron chi connectivity index (χ1n) is 8.69. The summed E-state index contributed by atoms with van der Waals surface area (Å²) in [7, 11) is 0. The number of hydrogen-bond donors (Lipinski definition) is 1. The minimum Gasteiger partial charge on any atom is -0.463 e. The van der Waals surface area contributed by atoms with E-state index in [9.17, 15) is 10.1 Å². The number of hydrogen-bond acceptors (Lipinski definition) is 7. The van der Waals surface area contributed by atoms with Gasteiger partial charge in [0.25, 0.3) is 0 Å². The SMILES string of the molecule is CCOC(=O)C1=C(C)OC(N)=C(C#N)C1c1cccc(Oc2ccccn2)c1. The topological polar surface area (TPSA) is 107 Å². The van der Waals surface area contributed by atoms with Crippen molar-refractivity contribution in [1.82, 2.24) is 4.98 Å². The Morgan fingerprint density at radius 3 is 2.82 bits per heavy atom. The molecule has 0 saturated carbocycles. The molecule has 1 aromatic carbocycles. The highest BCUT2D eigenvalue weighted by molar-refractivity contribution is 5.92. The molecule has 0 bridgehead atoms. The highest BCUT2D eigenvalue weighted by Crippen LogP contribution is 2.40. The van der Waals surface area contributed by atoms with Crippen molar-refractivity contribution in [2.24, 2.45) is 5.73 Å². The standard InChI is InChI=1S/C21H19N3O4/c1-3-26-21(25)18-13(2)27-20(23)16(12-22)19(18)14-7-6-8-15(11-14)28-17-9-4-5-10-24-17/h4-11,19H,3,23H2,1-2H3. The third-order valence-electron chi connectivity index (χ3n) is 4.15. The Hall–Kier alpha value is -3.79. The van der Waals surface area contributed by atoms with E-state index in [1.54, 1.807) is 56.4 Å². The fraction of sp³-hybridized carbons (Fsp3) is 0.190. The Labute approximate surface area is 162 Å². The molecular weight excluding hydrogens is 358 g/mol. The van der Waals surface area contributed by atoms with Crippen molar-refractivity contribution in [2.75, 3.05) is 6.61 Å². The van der Waals surface area contributed by atoms with Crippen LogP contribution in [0.3, 0.4) is 0 Å². The number of carbonyl (C=O) groups is 1. The molecule has 2 N–H and O–H groups in total. The van der Waals surface area contributed by atoms with E-state index >= 15 is 0 Å². The van der Waals surface area contributed by atoms with Crippen molar-refractivity contribution in [1.29, 1.82) is 5.26 Å². The molecule has 1 unspecified atom stereocenters. The summed E-state index contributed by atoms with van der Waals surface area (Å²) < 4.78 is 16.4. The molecule has 0 spiro atoms. The minimum atomic E-state index is -0.718. The van der Waals surface area contributed by atoms with E-state index in [1.165, 1.54) is 0 Å². The third kappa shape index (κ3) is 3.81. The fourth-order valence-electron chi connectivity index (χ4n) is 2.97. The van der Waals surface area contributed by atoms with Crippen molar-refractivity contribution in [3.63, 3.8) is 0 Å². The summed E-state index contributed by atoms with van der Waals surface area (Å²) in [6.45, 7) is 3.53. The van der Waals surface area contributed by atoms with Crippen LogP contribution >= 0.6 is 0 Å². The molecule has 1 aromatic heterocycles. The first-order chi connectivity index (χ1) is 13.5. The molecular formula is C21H19N3O4. The van der Waals surface area contributed by atoms with Gasteiger partial charge in [0.2, 0.25) is 11.8 Å². The third-order valence-corrected chi connectivity index (χ3v) is 4.15. The van der Waals surface area contributed by atoms with Crippen molar-refractivity contribution >= 4 is 5.97 Å². The number of nitrogens with two attached hydrogens (primary N) is 1. The second-order valence-electron chi connectivity index (χ2n) is 5.96. The molecule has 2 aromatic rings. The molecule has 142 valence electrons. The maximum atomic E-state index is 12.6. The number of allylic oxidation sites excluding steroid dienone is 2. The van der Waals surface area contributed by atoms with Gasteiger partial charge in [-0.2, -0.15) is 5.26 Å². The van der Waals surface area contributed by atoms with Crippen LogP contribution in [0, 0.1) is 11.3 Å². The summed E-state index contributed by atoms with van der Waals surface area (Å²) in [5.74, 6) is -0.0598. The van der Waals surface area contributed by atoms with E-state index in [0.29, 0.717) is 23.0 Å². The van der Waals surface area contributed by atoms with Gasteiger partial charge < -0.3 is 19.9 Å². The number of pyridine rings is 1. The van der Waals surface area contributed by atoms with Gasteiger partial charge in [0.15, 0.2) is 0 Å². The molecule has 0 radical (unpaired) electrons. The minimum absolute atomic E-state index is 0.0332. The second-order valence-corrected chi connectivity index (χ2v) is 5.96. The predicted molar refractivity (Wildman–Crippen MR) is 101 cm³/mol. The van der Waals surface area contributed by atoms with E-state index in [4.69, 9.17) is 19.9 Å². The predicted octanol–water partition coefficient (Wildman–Crippen LogP) is 3.52. The molecule has 3 rings (SSSR count). The van der Waals surface area contributed by atoms with Gasteiger partial charge in [-0.1, -0.05) is 18.2 Å². The molecule has 0 aliphatic carbocycles. The summed E-state index contributed by atoms with van der Waals surface area (Å²) >= 11 is 0. The van der Waals surface area contributed by atoms with Crippen LogP contribution in [0.2, 0.25) is 0 Å². The van der Waals surface area contributed by atoms with Gasteiger partial charge in [0.05, 0.1) is 18.1 Å². The highest BCUT2D eigenvalue weighted by Gasteiger charge is 2.36. The first kappa shape index (κ1) is 19.0. The summed E-state index contributed by atoms with van der Waals surface area (Å²) in [6.07, 6.45) is 1.62. The molecule has 7 nitrogen and oxygen atoms in total. The van der Waals surface area contributed by atoms with E-state index in [1.807, 2.05) is 6.07 Å². The average Bonchev–Trinajstić information content (AvgIpc) is 2.68. The molecule has 28 heavy (non-hydrogen) atoms. The largest absolute Gasteiger partial charge is 0.463 e. The second kappa shape index (κ2) is 8.27. The zero-order chi connectivity index (χ0) is 20.1. The monoisotopic (exact) mass is 377 g/mol. The summed E-state index contributed by atoms with van der Waals surface area (Å²) in [5.41, 5.74) is 6.95. The van der Waals surface area contributed by atoms with Crippen molar-refractivity contribution in [3.8, 4) is 17.7 Å². The number of carbonyl (C=O) groups excluding carboxylic acids is 1. The van der Waals surface area contributed by atoms with E-state index in [-0.39, 0.29) is 23.6 Å². The summed E-state index contributed by atoms with van der Waals surface area (Å²) in [6, 6.07) is 14.4. The number of benzene rings is 1. The Morgan fingerprint density at radius 2 is 2.14 bits per heavy atom. The van der Waals surface area contributed by atoms with Crippen molar-refractivity contribution < 1.29 is 19.0 Å². The molecule has 0 fully saturated rings. The first-order valence-corrected chi connectivity index (χ1v) is 8.69. The van der Waals surface area contributed by atoms with Crippen LogP contribution in [0.15, 0.2) is 71.4 Å². The van der Waals surface area contributed by atoms with Gasteiger partial charge >= 0.3 is 5.97 Å². The van der Waals surface area contributed by atoms with E-state index in [2.05, 4.69) is 11.1 Å². The van der Waals surface area contributed by atoms with Gasteiger partial charge in [-0.25, -0.2) is 9.78 Å². The maximum absolute atomic E-state index is 12.6. The highest BCUT2D eigenvalue weighted by atomic mass is 16.5. The Kier molecular flexibility index (Phi) is 5.61. The zero-order valence-corrected chi connectivity index (χ0v) is 15.5. The molecule has 7 heteroatoms. The van der Waals surface area contributed by atoms with Crippen LogP contribution in [-0.4, -0.2) is 17.6 Å². The maximum Gasteiger partial charge on any atom is 0.338 e. The smallest absolute Gasteiger partial charge is 0.338 e. The molecule has 0 amide bonds. The molecule has 1 aliphatic heterocycles. The van der Waals surface area contributed by atoms with Crippen LogP contribution in [0.5, 0.6) is 11.6 Å².